The number of ether oxygens (including phenoxy) is 1. The SMILES string of the molecule is Cc1nsc(N2CCCC(NC(=O)CC3OCCC3(C)C)C2C)n1. The second-order valence-corrected chi connectivity index (χ2v) is 8.41. The lowest BCUT2D eigenvalue weighted by atomic mass is 9.84. The molecule has 0 aromatic carbocycles. The van der Waals surface area contributed by atoms with E-state index in [9.17, 15) is 4.79 Å². The van der Waals surface area contributed by atoms with Gasteiger partial charge in [0, 0.05) is 36.8 Å². The Kier molecular flexibility index (Phi) is 5.11. The molecule has 1 aromatic rings. The van der Waals surface area contributed by atoms with E-state index in [1.807, 2.05) is 6.92 Å². The zero-order valence-corrected chi connectivity index (χ0v) is 15.9. The number of aromatic nitrogens is 2. The number of rotatable bonds is 4. The Morgan fingerprint density at radius 2 is 2.29 bits per heavy atom. The predicted octanol–water partition coefficient (Wildman–Crippen LogP) is 2.53. The van der Waals surface area contributed by atoms with E-state index < -0.39 is 0 Å². The fourth-order valence-corrected chi connectivity index (χ4v) is 4.42. The van der Waals surface area contributed by atoms with E-state index in [0.717, 1.165) is 43.4 Å². The largest absolute Gasteiger partial charge is 0.377 e. The average Bonchev–Trinajstić information content (AvgIpc) is 3.07. The van der Waals surface area contributed by atoms with Crippen molar-refractivity contribution in [3.8, 4) is 0 Å². The van der Waals surface area contributed by atoms with E-state index in [0.29, 0.717) is 6.42 Å². The standard InChI is InChI=1S/C17H28N4O2S/c1-11-13(6-5-8-21(11)16-18-12(2)20-24-16)19-15(22)10-14-17(3,4)7-9-23-14/h11,13-14H,5-10H2,1-4H3,(H,19,22). The zero-order chi connectivity index (χ0) is 17.3. The van der Waals surface area contributed by atoms with Crippen LogP contribution in [0.15, 0.2) is 0 Å². The van der Waals surface area contributed by atoms with Gasteiger partial charge in [-0.05, 0) is 38.5 Å². The molecule has 3 atom stereocenters. The Balaban J connectivity index is 1.59. The van der Waals surface area contributed by atoms with Crippen molar-refractivity contribution in [1.29, 1.82) is 0 Å². The van der Waals surface area contributed by atoms with Crippen molar-refractivity contribution < 1.29 is 9.53 Å². The quantitative estimate of drug-likeness (QED) is 0.902. The van der Waals surface area contributed by atoms with Crippen molar-refractivity contribution in [2.24, 2.45) is 5.41 Å². The number of anilines is 1. The summed E-state index contributed by atoms with van der Waals surface area (Å²) in [5.41, 5.74) is 0.0889. The van der Waals surface area contributed by atoms with Crippen molar-refractivity contribution >= 4 is 22.6 Å². The molecule has 3 rings (SSSR count). The van der Waals surface area contributed by atoms with Gasteiger partial charge in [-0.1, -0.05) is 13.8 Å². The molecular weight excluding hydrogens is 324 g/mol. The van der Waals surface area contributed by atoms with Gasteiger partial charge in [0.2, 0.25) is 11.0 Å². The number of hydrogen-bond acceptors (Lipinski definition) is 6. The Hall–Kier alpha value is -1.21. The fourth-order valence-electron chi connectivity index (χ4n) is 3.63. The smallest absolute Gasteiger partial charge is 0.222 e. The van der Waals surface area contributed by atoms with Crippen LogP contribution in [-0.2, 0) is 9.53 Å². The van der Waals surface area contributed by atoms with Gasteiger partial charge in [0.1, 0.15) is 5.82 Å². The Morgan fingerprint density at radius 3 is 2.92 bits per heavy atom. The van der Waals surface area contributed by atoms with Gasteiger partial charge in [-0.15, -0.1) is 0 Å². The maximum atomic E-state index is 12.5. The Bertz CT molecular complexity index is 589. The molecule has 0 saturated carbocycles. The van der Waals surface area contributed by atoms with E-state index >= 15 is 0 Å². The first-order chi connectivity index (χ1) is 11.4. The molecule has 6 nitrogen and oxygen atoms in total. The first kappa shape index (κ1) is 17.6. The minimum absolute atomic E-state index is 0.0262. The number of aryl methyl sites for hydroxylation is 1. The van der Waals surface area contributed by atoms with Gasteiger partial charge in [-0.2, -0.15) is 4.37 Å². The number of hydrogen-bond donors (Lipinski definition) is 1. The molecule has 2 fully saturated rings. The number of nitrogens with zero attached hydrogens (tertiary/aromatic N) is 3. The van der Waals surface area contributed by atoms with Gasteiger partial charge in [-0.3, -0.25) is 4.79 Å². The summed E-state index contributed by atoms with van der Waals surface area (Å²) < 4.78 is 10.0. The summed E-state index contributed by atoms with van der Waals surface area (Å²) in [7, 11) is 0. The highest BCUT2D eigenvalue weighted by Crippen LogP contribution is 2.35. The van der Waals surface area contributed by atoms with Crippen LogP contribution in [-0.4, -0.2) is 46.6 Å². The van der Waals surface area contributed by atoms with E-state index in [4.69, 9.17) is 4.74 Å². The van der Waals surface area contributed by atoms with Crippen LogP contribution in [0.4, 0.5) is 5.13 Å². The number of carbonyl (C=O) groups excluding carboxylic acids is 1. The molecule has 2 aliphatic heterocycles. The van der Waals surface area contributed by atoms with Crippen LogP contribution in [0.1, 0.15) is 52.3 Å². The molecule has 0 radical (unpaired) electrons. The maximum absolute atomic E-state index is 12.5. The maximum Gasteiger partial charge on any atom is 0.222 e. The molecule has 0 spiro atoms. The molecule has 24 heavy (non-hydrogen) atoms. The van der Waals surface area contributed by atoms with Gasteiger partial charge >= 0.3 is 0 Å². The molecule has 7 heteroatoms. The summed E-state index contributed by atoms with van der Waals surface area (Å²) in [5.74, 6) is 0.913. The zero-order valence-electron chi connectivity index (χ0n) is 15.0. The molecule has 2 aliphatic rings. The minimum atomic E-state index is 0.0262. The highest BCUT2D eigenvalue weighted by molar-refractivity contribution is 7.09. The fraction of sp³-hybridized carbons (Fsp3) is 0.824. The highest BCUT2D eigenvalue weighted by atomic mass is 32.1. The summed E-state index contributed by atoms with van der Waals surface area (Å²) in [4.78, 5) is 19.3. The van der Waals surface area contributed by atoms with Crippen LogP contribution >= 0.6 is 11.5 Å². The van der Waals surface area contributed by atoms with Gasteiger partial charge in [0.25, 0.3) is 0 Å². The third-order valence-corrected chi connectivity index (χ3v) is 6.25. The van der Waals surface area contributed by atoms with Crippen molar-refractivity contribution in [1.82, 2.24) is 14.7 Å². The van der Waals surface area contributed by atoms with Gasteiger partial charge in [0.05, 0.1) is 12.5 Å². The van der Waals surface area contributed by atoms with Crippen molar-refractivity contribution in [3.63, 3.8) is 0 Å². The van der Waals surface area contributed by atoms with E-state index in [1.165, 1.54) is 11.5 Å². The summed E-state index contributed by atoms with van der Waals surface area (Å²) in [5, 5.41) is 4.19. The van der Waals surface area contributed by atoms with E-state index in [2.05, 4.69) is 40.3 Å². The van der Waals surface area contributed by atoms with E-state index in [1.54, 1.807) is 0 Å². The molecule has 1 aromatic heterocycles. The summed E-state index contributed by atoms with van der Waals surface area (Å²) in [6.45, 7) is 10.2. The van der Waals surface area contributed by atoms with Crippen molar-refractivity contribution in [2.75, 3.05) is 18.1 Å². The van der Waals surface area contributed by atoms with Crippen molar-refractivity contribution in [2.45, 2.75) is 71.6 Å². The molecule has 3 heterocycles. The highest BCUT2D eigenvalue weighted by Gasteiger charge is 2.38. The summed E-state index contributed by atoms with van der Waals surface area (Å²) >= 11 is 1.44. The molecular formula is C17H28N4O2S. The second-order valence-electron chi connectivity index (χ2n) is 7.68. The molecule has 3 unspecified atom stereocenters. The van der Waals surface area contributed by atoms with Crippen LogP contribution in [0.25, 0.3) is 0 Å². The Morgan fingerprint density at radius 1 is 1.50 bits per heavy atom. The lowest BCUT2D eigenvalue weighted by Crippen LogP contribution is -2.54. The summed E-state index contributed by atoms with van der Waals surface area (Å²) in [6.07, 6.45) is 3.57. The molecule has 1 amide bonds. The van der Waals surface area contributed by atoms with Crippen LogP contribution in [0.5, 0.6) is 0 Å². The normalized spacial score (nSPS) is 29.7. The van der Waals surface area contributed by atoms with E-state index in [-0.39, 0.29) is 29.5 Å². The van der Waals surface area contributed by atoms with Gasteiger partial charge < -0.3 is 15.0 Å². The predicted molar refractivity (Wildman–Crippen MR) is 95.4 cm³/mol. The number of nitrogens with one attached hydrogen (secondary N) is 1. The lowest BCUT2D eigenvalue weighted by Gasteiger charge is -2.39. The Labute approximate surface area is 148 Å². The average molecular weight is 353 g/mol. The summed E-state index contributed by atoms with van der Waals surface area (Å²) in [6, 6.07) is 0.382. The van der Waals surface area contributed by atoms with Crippen molar-refractivity contribution in [3.05, 3.63) is 5.82 Å². The molecule has 0 aliphatic carbocycles. The lowest BCUT2D eigenvalue weighted by molar-refractivity contribution is -0.125. The molecule has 0 bridgehead atoms. The number of amides is 1. The first-order valence-electron chi connectivity index (χ1n) is 8.85. The molecule has 134 valence electrons. The molecule has 2 saturated heterocycles. The minimum Gasteiger partial charge on any atom is -0.377 e. The molecule has 1 N–H and O–H groups in total. The van der Waals surface area contributed by atoms with Crippen LogP contribution in [0.2, 0.25) is 0 Å². The van der Waals surface area contributed by atoms with Gasteiger partial charge in [-0.25, -0.2) is 4.98 Å². The first-order valence-corrected chi connectivity index (χ1v) is 9.62. The third kappa shape index (κ3) is 3.72. The van der Waals surface area contributed by atoms with Crippen LogP contribution < -0.4 is 10.2 Å². The van der Waals surface area contributed by atoms with Crippen LogP contribution in [0.3, 0.4) is 0 Å². The third-order valence-electron chi connectivity index (χ3n) is 5.40. The van der Waals surface area contributed by atoms with Crippen LogP contribution in [0, 0.1) is 12.3 Å². The monoisotopic (exact) mass is 352 g/mol. The second kappa shape index (κ2) is 6.96. The topological polar surface area (TPSA) is 67.4 Å². The number of piperidine rings is 1. The van der Waals surface area contributed by atoms with Gasteiger partial charge in [0.15, 0.2) is 0 Å². The number of carbonyl (C=O) groups is 1.